The van der Waals surface area contributed by atoms with Gasteiger partial charge in [0.2, 0.25) is 5.43 Å². The van der Waals surface area contributed by atoms with E-state index in [-0.39, 0.29) is 34.0 Å². The van der Waals surface area contributed by atoms with Crippen LogP contribution in [-0.4, -0.2) is 17.1 Å². The van der Waals surface area contributed by atoms with Crippen LogP contribution in [0.1, 0.15) is 23.0 Å². The monoisotopic (exact) mass is 451 g/mol. The molecule has 0 saturated heterocycles. The zero-order chi connectivity index (χ0) is 22.2. The van der Waals surface area contributed by atoms with Crippen LogP contribution >= 0.6 is 23.2 Å². The van der Waals surface area contributed by atoms with Crippen molar-refractivity contribution in [2.45, 2.75) is 13.8 Å². The molecule has 30 heavy (non-hydrogen) atoms. The maximum Gasteiger partial charge on any atom is 0.344 e. The molecular formula is C22H17Cl2F2NO3. The summed E-state index contributed by atoms with van der Waals surface area (Å²) >= 11 is 12.1. The fraction of sp³-hybridized carbons (Fsp3) is 0.182. The van der Waals surface area contributed by atoms with Crippen LogP contribution in [0, 0.1) is 18.6 Å². The molecule has 3 rings (SSSR count). The zero-order valence-corrected chi connectivity index (χ0v) is 17.9. The number of carbonyl (C=O) groups excluding carboxylic acids is 1. The van der Waals surface area contributed by atoms with Gasteiger partial charge in [0.05, 0.1) is 27.9 Å². The molecule has 8 heteroatoms. The molecule has 4 nitrogen and oxygen atoms in total. The van der Waals surface area contributed by atoms with Crippen LogP contribution in [-0.2, 0) is 11.8 Å². The number of hydrogen-bond donors (Lipinski definition) is 0. The van der Waals surface area contributed by atoms with Crippen molar-refractivity contribution in [2.75, 3.05) is 6.61 Å². The SMILES string of the molecule is CCOC(=O)c1c(-c2ccc(Cl)c(Cl)c2)n(C)c(C)c(-c2ccc(F)cc2F)c1=O. The van der Waals surface area contributed by atoms with Crippen LogP contribution < -0.4 is 5.43 Å². The van der Waals surface area contributed by atoms with Gasteiger partial charge in [0, 0.05) is 29.9 Å². The highest BCUT2D eigenvalue weighted by molar-refractivity contribution is 6.42. The van der Waals surface area contributed by atoms with Crippen molar-refractivity contribution in [1.82, 2.24) is 4.57 Å². The molecule has 2 aromatic carbocycles. The first-order chi connectivity index (χ1) is 14.2. The third-order valence-corrected chi connectivity index (χ3v) is 5.50. The first kappa shape index (κ1) is 22.0. The maximum atomic E-state index is 14.5. The Kier molecular flexibility index (Phi) is 6.29. The molecule has 0 radical (unpaired) electrons. The molecule has 156 valence electrons. The van der Waals surface area contributed by atoms with E-state index in [1.807, 2.05) is 0 Å². The summed E-state index contributed by atoms with van der Waals surface area (Å²) in [5.74, 6) is -2.54. The van der Waals surface area contributed by atoms with E-state index in [1.54, 1.807) is 37.6 Å². The molecule has 0 aliphatic rings. The standard InChI is InChI=1S/C22H17Cl2F2NO3/c1-4-30-22(29)19-20(12-5-8-15(23)16(24)9-12)27(3)11(2)18(21(19)28)14-7-6-13(25)10-17(14)26/h5-10H,4H2,1-3H3. The van der Waals surface area contributed by atoms with Crippen LogP contribution in [0.25, 0.3) is 22.4 Å². The average molecular weight is 452 g/mol. The molecule has 0 aliphatic carbocycles. The van der Waals surface area contributed by atoms with Crippen LogP contribution in [0.3, 0.4) is 0 Å². The van der Waals surface area contributed by atoms with E-state index in [9.17, 15) is 18.4 Å². The lowest BCUT2D eigenvalue weighted by atomic mass is 9.96. The van der Waals surface area contributed by atoms with Gasteiger partial charge in [-0.3, -0.25) is 4.79 Å². The topological polar surface area (TPSA) is 48.3 Å². The van der Waals surface area contributed by atoms with Gasteiger partial charge in [-0.2, -0.15) is 0 Å². The van der Waals surface area contributed by atoms with Crippen molar-refractivity contribution in [3.05, 3.63) is 79.6 Å². The fourth-order valence-electron chi connectivity index (χ4n) is 3.28. The molecule has 0 saturated carbocycles. The quantitative estimate of drug-likeness (QED) is 0.471. The molecule has 0 spiro atoms. The summed E-state index contributed by atoms with van der Waals surface area (Å²) in [5, 5.41) is 0.549. The maximum absolute atomic E-state index is 14.5. The van der Waals surface area contributed by atoms with Crippen LogP contribution in [0.2, 0.25) is 10.0 Å². The molecule has 3 aromatic rings. The minimum Gasteiger partial charge on any atom is -0.462 e. The highest BCUT2D eigenvalue weighted by atomic mass is 35.5. The highest BCUT2D eigenvalue weighted by Gasteiger charge is 2.27. The molecule has 1 aromatic heterocycles. The molecule has 1 heterocycles. The van der Waals surface area contributed by atoms with Gasteiger partial charge < -0.3 is 9.30 Å². The normalized spacial score (nSPS) is 10.9. The lowest BCUT2D eigenvalue weighted by molar-refractivity contribution is 0.0525. The average Bonchev–Trinajstić information content (AvgIpc) is 2.68. The number of rotatable bonds is 4. The molecule has 0 aliphatic heterocycles. The molecule has 0 fully saturated rings. The van der Waals surface area contributed by atoms with Gasteiger partial charge >= 0.3 is 5.97 Å². The molecule has 0 bridgehead atoms. The zero-order valence-electron chi connectivity index (χ0n) is 16.4. The largest absolute Gasteiger partial charge is 0.462 e. The first-order valence-electron chi connectivity index (χ1n) is 8.98. The Hall–Kier alpha value is -2.70. The smallest absolute Gasteiger partial charge is 0.344 e. The number of pyridine rings is 1. The second-order valence-corrected chi connectivity index (χ2v) is 7.36. The van der Waals surface area contributed by atoms with Crippen LogP contribution in [0.15, 0.2) is 41.2 Å². The van der Waals surface area contributed by atoms with Gasteiger partial charge in [-0.05, 0) is 38.1 Å². The molecule has 0 amide bonds. The summed E-state index contributed by atoms with van der Waals surface area (Å²) in [4.78, 5) is 26.2. The number of ether oxygens (including phenoxy) is 1. The molecule has 0 atom stereocenters. The molecular weight excluding hydrogens is 435 g/mol. The van der Waals surface area contributed by atoms with Crippen molar-refractivity contribution in [1.29, 1.82) is 0 Å². The second-order valence-electron chi connectivity index (χ2n) is 6.55. The van der Waals surface area contributed by atoms with Crippen molar-refractivity contribution >= 4 is 29.2 Å². The van der Waals surface area contributed by atoms with Crippen molar-refractivity contribution in [3.63, 3.8) is 0 Å². The Balaban J connectivity index is 2.43. The summed E-state index contributed by atoms with van der Waals surface area (Å²) < 4.78 is 34.5. The van der Waals surface area contributed by atoms with Gasteiger partial charge in [0.1, 0.15) is 17.2 Å². The second kappa shape index (κ2) is 8.58. The Morgan fingerprint density at radius 1 is 1.10 bits per heavy atom. The van der Waals surface area contributed by atoms with Gasteiger partial charge in [-0.25, -0.2) is 13.6 Å². The van der Waals surface area contributed by atoms with Gasteiger partial charge in [-0.1, -0.05) is 29.3 Å². The predicted molar refractivity (Wildman–Crippen MR) is 113 cm³/mol. The first-order valence-corrected chi connectivity index (χ1v) is 9.74. The Bertz CT molecular complexity index is 1220. The third-order valence-electron chi connectivity index (χ3n) is 4.76. The van der Waals surface area contributed by atoms with E-state index in [1.165, 1.54) is 12.1 Å². The van der Waals surface area contributed by atoms with Crippen LogP contribution in [0.4, 0.5) is 8.78 Å². The number of halogens is 4. The summed E-state index contributed by atoms with van der Waals surface area (Å²) in [5.41, 5.74) is -0.0815. The third kappa shape index (κ3) is 3.85. The van der Waals surface area contributed by atoms with E-state index in [0.717, 1.165) is 6.07 Å². The highest BCUT2D eigenvalue weighted by Crippen LogP contribution is 2.33. The number of nitrogens with zero attached hydrogens (tertiary/aromatic N) is 1. The number of aromatic nitrogens is 1. The van der Waals surface area contributed by atoms with E-state index >= 15 is 0 Å². The number of esters is 1. The molecule has 0 N–H and O–H groups in total. The summed E-state index contributed by atoms with van der Waals surface area (Å²) in [7, 11) is 1.63. The van der Waals surface area contributed by atoms with E-state index in [0.29, 0.717) is 22.3 Å². The summed E-state index contributed by atoms with van der Waals surface area (Å²) in [6.45, 7) is 3.25. The Labute approximate surface area is 181 Å². The van der Waals surface area contributed by atoms with Gasteiger partial charge in [0.25, 0.3) is 0 Å². The Morgan fingerprint density at radius 2 is 1.80 bits per heavy atom. The Morgan fingerprint density at radius 3 is 2.40 bits per heavy atom. The van der Waals surface area contributed by atoms with Crippen LogP contribution in [0.5, 0.6) is 0 Å². The van der Waals surface area contributed by atoms with Crippen molar-refractivity contribution < 1.29 is 18.3 Å². The minimum absolute atomic E-state index is 0.0386. The number of carbonyl (C=O) groups is 1. The molecule has 0 unspecified atom stereocenters. The predicted octanol–water partition coefficient (Wildman–Crippen LogP) is 5.79. The lowest BCUT2D eigenvalue weighted by Crippen LogP contribution is -2.26. The summed E-state index contributed by atoms with van der Waals surface area (Å²) in [6, 6.07) is 7.59. The van der Waals surface area contributed by atoms with E-state index < -0.39 is 23.0 Å². The van der Waals surface area contributed by atoms with E-state index in [4.69, 9.17) is 27.9 Å². The van der Waals surface area contributed by atoms with Crippen molar-refractivity contribution in [2.24, 2.45) is 7.05 Å². The number of benzene rings is 2. The van der Waals surface area contributed by atoms with E-state index in [2.05, 4.69) is 0 Å². The lowest BCUT2D eigenvalue weighted by Gasteiger charge is -2.20. The van der Waals surface area contributed by atoms with Gasteiger partial charge in [-0.15, -0.1) is 0 Å². The summed E-state index contributed by atoms with van der Waals surface area (Å²) in [6.07, 6.45) is 0. The number of hydrogen-bond acceptors (Lipinski definition) is 3. The van der Waals surface area contributed by atoms with Gasteiger partial charge in [0.15, 0.2) is 0 Å². The van der Waals surface area contributed by atoms with Crippen molar-refractivity contribution in [3.8, 4) is 22.4 Å². The fourth-order valence-corrected chi connectivity index (χ4v) is 3.58. The minimum atomic E-state index is -0.910.